The molecule has 1 aromatic rings. The van der Waals surface area contributed by atoms with Crippen molar-refractivity contribution in [3.05, 3.63) is 23.8 Å². The Morgan fingerprint density at radius 2 is 2.22 bits per heavy atom. The average Bonchev–Trinajstić information content (AvgIpc) is 2.36. The first-order valence-electron chi connectivity index (χ1n) is 4.97. The Kier molecular flexibility index (Phi) is 4.99. The Hall–Kier alpha value is -2.75. The smallest absolute Gasteiger partial charge is 0.211 e. The molecule has 0 spiro atoms. The summed E-state index contributed by atoms with van der Waals surface area (Å²) in [5.41, 5.74) is 11.0. The number of nitrogens with zero attached hydrogens (tertiary/aromatic N) is 3. The molecule has 0 aliphatic carbocycles. The van der Waals surface area contributed by atoms with Crippen molar-refractivity contribution >= 4 is 12.2 Å². The summed E-state index contributed by atoms with van der Waals surface area (Å²) in [6, 6.07) is 6.98. The summed E-state index contributed by atoms with van der Waals surface area (Å²) in [7, 11) is 1.51. The minimum Gasteiger partial charge on any atom is -0.493 e. The van der Waals surface area contributed by atoms with Gasteiger partial charge in [0.15, 0.2) is 18.1 Å². The van der Waals surface area contributed by atoms with Crippen LogP contribution in [0.2, 0.25) is 0 Å². The van der Waals surface area contributed by atoms with Crippen LogP contribution in [0.15, 0.2) is 28.4 Å². The summed E-state index contributed by atoms with van der Waals surface area (Å²) in [5.74, 6) is 0.865. The topological polar surface area (TPSA) is 119 Å². The van der Waals surface area contributed by atoms with Crippen LogP contribution in [0.3, 0.4) is 0 Å². The number of guanidine groups is 1. The fourth-order valence-corrected chi connectivity index (χ4v) is 1.16. The molecule has 0 aromatic heterocycles. The molecule has 0 unspecified atom stereocenters. The zero-order valence-electron chi connectivity index (χ0n) is 9.83. The molecular weight excluding hydrogens is 234 g/mol. The Labute approximate surface area is 104 Å². The number of methoxy groups -OCH3 is 1. The minimum atomic E-state index is -0.118. The van der Waals surface area contributed by atoms with Crippen molar-refractivity contribution in [2.45, 2.75) is 0 Å². The van der Waals surface area contributed by atoms with Crippen LogP contribution in [0.5, 0.6) is 11.5 Å². The van der Waals surface area contributed by atoms with Gasteiger partial charge in [-0.1, -0.05) is 0 Å². The highest BCUT2D eigenvalue weighted by Crippen LogP contribution is 2.27. The maximum atomic E-state index is 8.44. The van der Waals surface area contributed by atoms with Gasteiger partial charge in [-0.05, 0) is 23.8 Å². The van der Waals surface area contributed by atoms with Crippen molar-refractivity contribution in [3.63, 3.8) is 0 Å². The van der Waals surface area contributed by atoms with E-state index < -0.39 is 0 Å². The lowest BCUT2D eigenvalue weighted by Crippen LogP contribution is -2.21. The van der Waals surface area contributed by atoms with Gasteiger partial charge in [0.05, 0.1) is 13.3 Å². The molecule has 0 saturated carbocycles. The van der Waals surface area contributed by atoms with Crippen LogP contribution >= 0.6 is 0 Å². The van der Waals surface area contributed by atoms with Crippen LogP contribution in [0, 0.1) is 11.3 Å². The molecule has 1 aromatic carbocycles. The molecule has 0 atom stereocenters. The minimum absolute atomic E-state index is 0.0439. The fourth-order valence-electron chi connectivity index (χ4n) is 1.16. The van der Waals surface area contributed by atoms with Crippen LogP contribution in [0.4, 0.5) is 0 Å². The molecule has 1 rings (SSSR count). The summed E-state index contributed by atoms with van der Waals surface area (Å²) in [4.78, 5) is 0. The third kappa shape index (κ3) is 4.02. The van der Waals surface area contributed by atoms with Gasteiger partial charge in [0.25, 0.3) is 0 Å². The van der Waals surface area contributed by atoms with Gasteiger partial charge in [-0.3, -0.25) is 0 Å². The normalized spacial score (nSPS) is 9.78. The average molecular weight is 247 g/mol. The lowest BCUT2D eigenvalue weighted by Gasteiger charge is -2.08. The first-order valence-corrected chi connectivity index (χ1v) is 4.97. The Bertz CT molecular complexity index is 501. The molecule has 0 amide bonds. The first-order chi connectivity index (χ1) is 8.67. The summed E-state index contributed by atoms with van der Waals surface area (Å²) in [5, 5.41) is 15.6. The Morgan fingerprint density at radius 1 is 1.44 bits per heavy atom. The van der Waals surface area contributed by atoms with Crippen molar-refractivity contribution in [2.24, 2.45) is 21.7 Å². The van der Waals surface area contributed by atoms with Crippen LogP contribution in [-0.4, -0.2) is 25.9 Å². The van der Waals surface area contributed by atoms with E-state index >= 15 is 0 Å². The lowest BCUT2D eigenvalue weighted by atomic mass is 10.2. The van der Waals surface area contributed by atoms with E-state index in [1.807, 2.05) is 6.07 Å². The predicted molar refractivity (Wildman–Crippen MR) is 67.5 cm³/mol. The molecule has 0 radical (unpaired) electrons. The molecule has 94 valence electrons. The van der Waals surface area contributed by atoms with E-state index in [2.05, 4.69) is 10.2 Å². The van der Waals surface area contributed by atoms with Crippen molar-refractivity contribution in [1.82, 2.24) is 0 Å². The Morgan fingerprint density at radius 3 is 2.83 bits per heavy atom. The van der Waals surface area contributed by atoms with Crippen molar-refractivity contribution in [3.8, 4) is 17.6 Å². The number of hydrogen-bond donors (Lipinski definition) is 2. The standard InChI is InChI=1S/C11H13N5O2/c1-17-10-6-8(7-15-16-11(13)14)2-3-9(10)18-5-4-12/h2-3,6-7H,5H2,1H3,(H4,13,14,16). The monoisotopic (exact) mass is 247 g/mol. The SMILES string of the molecule is COc1cc(C=NN=C(N)N)ccc1OCC#N. The van der Waals surface area contributed by atoms with E-state index in [1.54, 1.807) is 18.2 Å². The van der Waals surface area contributed by atoms with Gasteiger partial charge < -0.3 is 20.9 Å². The van der Waals surface area contributed by atoms with E-state index in [0.29, 0.717) is 11.5 Å². The summed E-state index contributed by atoms with van der Waals surface area (Å²) in [6.45, 7) is -0.0439. The summed E-state index contributed by atoms with van der Waals surface area (Å²) >= 11 is 0. The number of nitriles is 1. The maximum Gasteiger partial charge on any atom is 0.211 e. The van der Waals surface area contributed by atoms with Crippen LogP contribution in [0.1, 0.15) is 5.56 Å². The zero-order valence-corrected chi connectivity index (χ0v) is 9.83. The van der Waals surface area contributed by atoms with E-state index in [1.165, 1.54) is 13.3 Å². The molecule has 7 nitrogen and oxygen atoms in total. The largest absolute Gasteiger partial charge is 0.493 e. The van der Waals surface area contributed by atoms with E-state index in [-0.39, 0.29) is 12.6 Å². The second-order valence-corrected chi connectivity index (χ2v) is 3.13. The zero-order chi connectivity index (χ0) is 13.4. The number of nitrogens with two attached hydrogens (primary N) is 2. The molecule has 0 saturated heterocycles. The second kappa shape index (κ2) is 6.75. The number of benzene rings is 1. The highest BCUT2D eigenvalue weighted by Gasteiger charge is 2.04. The maximum absolute atomic E-state index is 8.44. The van der Waals surface area contributed by atoms with E-state index in [4.69, 9.17) is 26.2 Å². The second-order valence-electron chi connectivity index (χ2n) is 3.13. The summed E-state index contributed by atoms with van der Waals surface area (Å²) < 4.78 is 10.3. The Balaban J connectivity index is 2.88. The third-order valence-corrected chi connectivity index (χ3v) is 1.86. The molecule has 0 bridgehead atoms. The van der Waals surface area contributed by atoms with Gasteiger partial charge in [-0.25, -0.2) is 0 Å². The quantitative estimate of drug-likeness (QED) is 0.437. The van der Waals surface area contributed by atoms with Crippen molar-refractivity contribution in [2.75, 3.05) is 13.7 Å². The molecule has 18 heavy (non-hydrogen) atoms. The van der Waals surface area contributed by atoms with Gasteiger partial charge in [0, 0.05) is 0 Å². The van der Waals surface area contributed by atoms with Crippen LogP contribution in [-0.2, 0) is 0 Å². The van der Waals surface area contributed by atoms with E-state index in [9.17, 15) is 0 Å². The molecule has 0 fully saturated rings. The highest BCUT2D eigenvalue weighted by molar-refractivity contribution is 5.82. The lowest BCUT2D eigenvalue weighted by molar-refractivity contribution is 0.329. The third-order valence-electron chi connectivity index (χ3n) is 1.86. The molecule has 7 heteroatoms. The predicted octanol–water partition coefficient (Wildman–Crippen LogP) is 0.205. The molecule has 0 aliphatic heterocycles. The number of rotatable bonds is 5. The van der Waals surface area contributed by atoms with Gasteiger partial charge in [0.2, 0.25) is 5.96 Å². The van der Waals surface area contributed by atoms with Crippen molar-refractivity contribution in [1.29, 1.82) is 5.26 Å². The van der Waals surface area contributed by atoms with Gasteiger partial charge in [0.1, 0.15) is 6.07 Å². The first kappa shape index (κ1) is 13.3. The van der Waals surface area contributed by atoms with E-state index in [0.717, 1.165) is 5.56 Å². The highest BCUT2D eigenvalue weighted by atomic mass is 16.5. The van der Waals surface area contributed by atoms with Gasteiger partial charge in [-0.15, -0.1) is 5.10 Å². The molecular formula is C11H13N5O2. The molecule has 0 heterocycles. The number of ether oxygens (including phenoxy) is 2. The van der Waals surface area contributed by atoms with Crippen molar-refractivity contribution < 1.29 is 9.47 Å². The van der Waals surface area contributed by atoms with Gasteiger partial charge >= 0.3 is 0 Å². The molecule has 0 aliphatic rings. The van der Waals surface area contributed by atoms with Gasteiger partial charge in [-0.2, -0.15) is 10.4 Å². The number of hydrogen-bond acceptors (Lipinski definition) is 5. The van der Waals surface area contributed by atoms with Crippen LogP contribution in [0.25, 0.3) is 0 Å². The molecule has 4 N–H and O–H groups in total. The van der Waals surface area contributed by atoms with Crippen LogP contribution < -0.4 is 20.9 Å². The summed E-state index contributed by atoms with van der Waals surface area (Å²) in [6.07, 6.45) is 1.47. The fraction of sp³-hybridized carbons (Fsp3) is 0.182.